The van der Waals surface area contributed by atoms with E-state index in [0.717, 1.165) is 16.7 Å². The predicted molar refractivity (Wildman–Crippen MR) is 101 cm³/mol. The summed E-state index contributed by atoms with van der Waals surface area (Å²) in [6.45, 7) is 4.42. The molecule has 132 valence electrons. The summed E-state index contributed by atoms with van der Waals surface area (Å²) in [6, 6.07) is 8.50. The van der Waals surface area contributed by atoms with Gasteiger partial charge >= 0.3 is 0 Å². The molecular formula is C21H24O4. The van der Waals surface area contributed by atoms with Crippen molar-refractivity contribution in [2.45, 2.75) is 20.3 Å². The Bertz CT molecular complexity index is 776. The lowest BCUT2D eigenvalue weighted by Gasteiger charge is -2.13. The van der Waals surface area contributed by atoms with Crippen LogP contribution in [0.5, 0.6) is 23.0 Å². The van der Waals surface area contributed by atoms with E-state index in [1.807, 2.05) is 32.1 Å². The van der Waals surface area contributed by atoms with Gasteiger partial charge in [0.1, 0.15) is 11.5 Å². The minimum atomic E-state index is 0.101. The van der Waals surface area contributed by atoms with E-state index in [0.29, 0.717) is 24.5 Å². The fourth-order valence-electron chi connectivity index (χ4n) is 2.52. The molecule has 2 aromatic rings. The van der Waals surface area contributed by atoms with Crippen LogP contribution < -0.4 is 9.47 Å². The number of hydrogen-bond donors (Lipinski definition) is 2. The third kappa shape index (κ3) is 4.80. The fourth-order valence-corrected chi connectivity index (χ4v) is 2.52. The topological polar surface area (TPSA) is 58.9 Å². The zero-order valence-electron chi connectivity index (χ0n) is 14.8. The summed E-state index contributed by atoms with van der Waals surface area (Å²) in [6.07, 6.45) is 8.58. The Morgan fingerprint density at radius 3 is 2.52 bits per heavy atom. The maximum absolute atomic E-state index is 10.0. The fraction of sp³-hybridized carbons (Fsp3) is 0.238. The molecule has 0 saturated heterocycles. The van der Waals surface area contributed by atoms with Gasteiger partial charge in [0.05, 0.1) is 13.7 Å². The molecule has 4 nitrogen and oxygen atoms in total. The number of methoxy groups -OCH3 is 1. The molecule has 0 saturated carbocycles. The molecule has 2 N–H and O–H groups in total. The van der Waals surface area contributed by atoms with Crippen LogP contribution in [0.25, 0.3) is 12.2 Å². The normalized spacial score (nSPS) is 11.3. The molecule has 0 heterocycles. The van der Waals surface area contributed by atoms with Crippen molar-refractivity contribution in [1.29, 1.82) is 0 Å². The molecule has 0 amide bonds. The number of phenols is 2. The third-order valence-electron chi connectivity index (χ3n) is 3.74. The summed E-state index contributed by atoms with van der Waals surface area (Å²) in [5.74, 6) is 1.37. The molecule has 0 unspecified atom stereocenters. The van der Waals surface area contributed by atoms with Crippen molar-refractivity contribution in [3.05, 3.63) is 59.2 Å². The van der Waals surface area contributed by atoms with Crippen LogP contribution >= 0.6 is 0 Å². The number of aromatic hydroxyl groups is 2. The molecule has 0 aromatic heterocycles. The molecule has 0 aliphatic carbocycles. The first-order chi connectivity index (χ1) is 12.1. The smallest absolute Gasteiger partial charge is 0.161 e. The number of rotatable bonds is 7. The second-order valence-electron chi connectivity index (χ2n) is 5.48. The van der Waals surface area contributed by atoms with Crippen LogP contribution in [-0.2, 0) is 6.42 Å². The number of phenolic OH excluding ortho intramolecular Hbond substituents is 2. The van der Waals surface area contributed by atoms with Gasteiger partial charge in [-0.3, -0.25) is 0 Å². The highest BCUT2D eigenvalue weighted by molar-refractivity contribution is 5.74. The van der Waals surface area contributed by atoms with Gasteiger partial charge in [0.15, 0.2) is 11.5 Å². The van der Waals surface area contributed by atoms with Gasteiger partial charge in [0, 0.05) is 11.6 Å². The van der Waals surface area contributed by atoms with E-state index in [1.165, 1.54) is 7.11 Å². The van der Waals surface area contributed by atoms with E-state index < -0.39 is 0 Å². The highest BCUT2D eigenvalue weighted by Gasteiger charge is 2.09. The van der Waals surface area contributed by atoms with Crippen molar-refractivity contribution in [2.24, 2.45) is 0 Å². The van der Waals surface area contributed by atoms with Gasteiger partial charge in [-0.1, -0.05) is 30.4 Å². The summed E-state index contributed by atoms with van der Waals surface area (Å²) >= 11 is 0. The Balaban J connectivity index is 2.42. The molecule has 2 aromatic carbocycles. The van der Waals surface area contributed by atoms with Crippen LogP contribution in [0.1, 0.15) is 30.5 Å². The van der Waals surface area contributed by atoms with Gasteiger partial charge in [-0.25, -0.2) is 0 Å². The molecule has 0 aliphatic heterocycles. The quantitative estimate of drug-likeness (QED) is 0.562. The first-order valence-corrected chi connectivity index (χ1v) is 8.24. The standard InChI is InChI=1S/C21H24O4/c1-4-6-7-18-16(13-17(22)14-20(18)25-5-2)10-8-15-9-11-19(23)21(12-15)24-3/h4,6,8-14,22-23H,5,7H2,1-3H3/b6-4-,10-8+. The monoisotopic (exact) mass is 340 g/mol. The molecule has 0 spiro atoms. The lowest BCUT2D eigenvalue weighted by Crippen LogP contribution is -1.98. The van der Waals surface area contributed by atoms with E-state index in [1.54, 1.807) is 30.3 Å². The lowest BCUT2D eigenvalue weighted by molar-refractivity contribution is 0.334. The van der Waals surface area contributed by atoms with Gasteiger partial charge in [-0.05, 0) is 49.6 Å². The van der Waals surface area contributed by atoms with E-state index in [9.17, 15) is 10.2 Å². The van der Waals surface area contributed by atoms with Crippen molar-refractivity contribution in [3.8, 4) is 23.0 Å². The molecule has 25 heavy (non-hydrogen) atoms. The number of ether oxygens (including phenoxy) is 2. The first kappa shape index (κ1) is 18.5. The van der Waals surface area contributed by atoms with E-state index in [-0.39, 0.29) is 11.5 Å². The Kier molecular flexibility index (Phi) is 6.52. The second-order valence-corrected chi connectivity index (χ2v) is 5.48. The van der Waals surface area contributed by atoms with E-state index in [2.05, 4.69) is 6.08 Å². The van der Waals surface area contributed by atoms with Crippen molar-refractivity contribution in [1.82, 2.24) is 0 Å². The molecule has 0 aliphatic rings. The number of hydrogen-bond acceptors (Lipinski definition) is 4. The Morgan fingerprint density at radius 1 is 1.04 bits per heavy atom. The van der Waals surface area contributed by atoms with Crippen LogP contribution in [0.15, 0.2) is 42.5 Å². The molecule has 0 atom stereocenters. The number of benzene rings is 2. The van der Waals surface area contributed by atoms with Gasteiger partial charge in [0.2, 0.25) is 0 Å². The highest BCUT2D eigenvalue weighted by Crippen LogP contribution is 2.31. The van der Waals surface area contributed by atoms with Crippen LogP contribution in [0, 0.1) is 0 Å². The minimum Gasteiger partial charge on any atom is -0.508 e. The van der Waals surface area contributed by atoms with Gasteiger partial charge in [-0.2, -0.15) is 0 Å². The maximum Gasteiger partial charge on any atom is 0.161 e. The van der Waals surface area contributed by atoms with Crippen molar-refractivity contribution < 1.29 is 19.7 Å². The van der Waals surface area contributed by atoms with Crippen LogP contribution in [0.4, 0.5) is 0 Å². The molecular weight excluding hydrogens is 316 g/mol. The minimum absolute atomic E-state index is 0.101. The lowest BCUT2D eigenvalue weighted by atomic mass is 10.0. The molecule has 0 radical (unpaired) electrons. The van der Waals surface area contributed by atoms with Gasteiger partial charge in [0.25, 0.3) is 0 Å². The summed E-state index contributed by atoms with van der Waals surface area (Å²) in [5.41, 5.74) is 2.78. The van der Waals surface area contributed by atoms with E-state index in [4.69, 9.17) is 9.47 Å². The summed E-state index contributed by atoms with van der Waals surface area (Å²) in [7, 11) is 1.52. The molecule has 0 fully saturated rings. The van der Waals surface area contributed by atoms with E-state index >= 15 is 0 Å². The Hall–Kier alpha value is -2.88. The van der Waals surface area contributed by atoms with Crippen LogP contribution in [0.2, 0.25) is 0 Å². The van der Waals surface area contributed by atoms with Gasteiger partial charge < -0.3 is 19.7 Å². The summed E-state index contributed by atoms with van der Waals surface area (Å²) < 4.78 is 10.8. The maximum atomic E-state index is 10.0. The molecule has 2 rings (SSSR count). The van der Waals surface area contributed by atoms with Crippen LogP contribution in [0.3, 0.4) is 0 Å². The van der Waals surface area contributed by atoms with Gasteiger partial charge in [-0.15, -0.1) is 0 Å². The highest BCUT2D eigenvalue weighted by atomic mass is 16.5. The second kappa shape index (κ2) is 8.83. The predicted octanol–water partition coefficient (Wildman–Crippen LogP) is 4.79. The largest absolute Gasteiger partial charge is 0.508 e. The average molecular weight is 340 g/mol. The summed E-state index contributed by atoms with van der Waals surface area (Å²) in [5, 5.41) is 19.7. The van der Waals surface area contributed by atoms with Crippen molar-refractivity contribution in [2.75, 3.05) is 13.7 Å². The summed E-state index contributed by atoms with van der Waals surface area (Å²) in [4.78, 5) is 0. The van der Waals surface area contributed by atoms with Crippen molar-refractivity contribution >= 4 is 12.2 Å². The molecule has 0 bridgehead atoms. The number of allylic oxidation sites excluding steroid dienone is 2. The van der Waals surface area contributed by atoms with Crippen LogP contribution in [-0.4, -0.2) is 23.9 Å². The molecule has 4 heteroatoms. The zero-order chi connectivity index (χ0) is 18.2. The first-order valence-electron chi connectivity index (χ1n) is 8.24. The Morgan fingerprint density at radius 2 is 1.84 bits per heavy atom. The Labute approximate surface area is 148 Å². The zero-order valence-corrected chi connectivity index (χ0v) is 14.8. The SMILES string of the molecule is C/C=C\Cc1c(/C=C/c2ccc(O)c(OC)c2)cc(O)cc1OCC. The average Bonchev–Trinajstić information content (AvgIpc) is 2.60. The third-order valence-corrected chi connectivity index (χ3v) is 3.74. The van der Waals surface area contributed by atoms with Crippen molar-refractivity contribution in [3.63, 3.8) is 0 Å².